The Hall–Kier alpha value is -1.49. The van der Waals surface area contributed by atoms with Crippen LogP contribution in [0, 0.1) is 5.95 Å². The van der Waals surface area contributed by atoms with Gasteiger partial charge >= 0.3 is 0 Å². The van der Waals surface area contributed by atoms with Gasteiger partial charge in [0.25, 0.3) is 5.91 Å². The van der Waals surface area contributed by atoms with Gasteiger partial charge in [-0.25, -0.2) is 4.98 Å². The van der Waals surface area contributed by atoms with Crippen molar-refractivity contribution in [1.82, 2.24) is 10.3 Å². The highest BCUT2D eigenvalue weighted by Crippen LogP contribution is 2.19. The fourth-order valence-electron chi connectivity index (χ4n) is 1.52. The molecule has 5 heteroatoms. The molecule has 1 fully saturated rings. The first-order valence-electron chi connectivity index (χ1n) is 4.76. The Morgan fingerprint density at radius 2 is 2.33 bits per heavy atom. The number of rotatable bonds is 2. The van der Waals surface area contributed by atoms with Crippen LogP contribution < -0.4 is 5.32 Å². The maximum Gasteiger partial charge on any atom is 0.256 e. The second-order valence-electron chi connectivity index (χ2n) is 3.64. The van der Waals surface area contributed by atoms with E-state index >= 15 is 0 Å². The number of nitrogens with one attached hydrogen (secondary N) is 1. The third-order valence-electron chi connectivity index (χ3n) is 2.45. The van der Waals surface area contributed by atoms with Gasteiger partial charge in [-0.3, -0.25) is 4.79 Å². The van der Waals surface area contributed by atoms with Crippen LogP contribution in [-0.4, -0.2) is 28.1 Å². The molecule has 0 unspecified atom stereocenters. The molecule has 80 valence electrons. The monoisotopic (exact) mass is 210 g/mol. The van der Waals surface area contributed by atoms with E-state index in [0.717, 1.165) is 0 Å². The smallest absolute Gasteiger partial charge is 0.256 e. The zero-order chi connectivity index (χ0) is 10.8. The van der Waals surface area contributed by atoms with Gasteiger partial charge in [-0.1, -0.05) is 0 Å². The van der Waals surface area contributed by atoms with E-state index in [0.29, 0.717) is 12.8 Å². The summed E-state index contributed by atoms with van der Waals surface area (Å²) < 4.78 is 13.1. The molecule has 2 rings (SSSR count). The van der Waals surface area contributed by atoms with Gasteiger partial charge in [-0.2, -0.15) is 4.39 Å². The number of nitrogens with zero attached hydrogens (tertiary/aromatic N) is 1. The molecular formula is C10H11FN2O2. The number of halogens is 1. The Morgan fingerprint density at radius 3 is 2.93 bits per heavy atom. The molecule has 0 aromatic carbocycles. The van der Waals surface area contributed by atoms with Crippen molar-refractivity contribution in [2.75, 3.05) is 0 Å². The largest absolute Gasteiger partial charge is 0.393 e. The van der Waals surface area contributed by atoms with Gasteiger partial charge in [0.05, 0.1) is 11.7 Å². The minimum atomic E-state index is -0.769. The summed E-state index contributed by atoms with van der Waals surface area (Å²) in [7, 11) is 0. The molecule has 0 spiro atoms. The lowest BCUT2D eigenvalue weighted by molar-refractivity contribution is 0.0561. The third kappa shape index (κ3) is 2.12. The van der Waals surface area contributed by atoms with Crippen molar-refractivity contribution in [1.29, 1.82) is 0 Å². The standard InChI is InChI=1S/C10H11FN2O2/c11-9-8(2-1-3-12-9)10(15)13-6-4-7(14)5-6/h1-3,6-7,14H,4-5H2,(H,13,15). The molecule has 15 heavy (non-hydrogen) atoms. The van der Waals surface area contributed by atoms with Crippen LogP contribution in [0.15, 0.2) is 18.3 Å². The number of aliphatic hydroxyl groups is 1. The molecule has 1 aromatic heterocycles. The fraction of sp³-hybridized carbons (Fsp3) is 0.400. The SMILES string of the molecule is O=C(NC1CC(O)C1)c1cccnc1F. The molecule has 1 heterocycles. The van der Waals surface area contributed by atoms with E-state index in [1.54, 1.807) is 0 Å². The number of hydrogen-bond acceptors (Lipinski definition) is 3. The molecule has 0 radical (unpaired) electrons. The second kappa shape index (κ2) is 3.94. The summed E-state index contributed by atoms with van der Waals surface area (Å²) in [6, 6.07) is 2.84. The molecule has 4 nitrogen and oxygen atoms in total. The number of amides is 1. The van der Waals surface area contributed by atoms with Gasteiger partial charge in [0.1, 0.15) is 0 Å². The molecule has 1 aromatic rings. The molecule has 1 saturated carbocycles. The van der Waals surface area contributed by atoms with Crippen LogP contribution in [0.5, 0.6) is 0 Å². The van der Waals surface area contributed by atoms with Crippen molar-refractivity contribution in [3.8, 4) is 0 Å². The predicted molar refractivity (Wildman–Crippen MR) is 50.7 cm³/mol. The average molecular weight is 210 g/mol. The normalized spacial score (nSPS) is 24.4. The number of pyridine rings is 1. The molecule has 1 amide bonds. The third-order valence-corrected chi connectivity index (χ3v) is 2.45. The van der Waals surface area contributed by atoms with E-state index in [1.165, 1.54) is 18.3 Å². The van der Waals surface area contributed by atoms with Crippen molar-refractivity contribution in [2.45, 2.75) is 25.0 Å². The van der Waals surface area contributed by atoms with Crippen molar-refractivity contribution in [2.24, 2.45) is 0 Å². The van der Waals surface area contributed by atoms with Crippen LogP contribution in [0.25, 0.3) is 0 Å². The summed E-state index contributed by atoms with van der Waals surface area (Å²) in [6.45, 7) is 0. The number of carbonyl (C=O) groups is 1. The average Bonchev–Trinajstić information content (AvgIpc) is 2.16. The minimum absolute atomic E-state index is 0.0490. The van der Waals surface area contributed by atoms with Crippen LogP contribution in [0.1, 0.15) is 23.2 Å². The molecule has 1 aliphatic carbocycles. The van der Waals surface area contributed by atoms with Crippen molar-refractivity contribution < 1.29 is 14.3 Å². The highest BCUT2D eigenvalue weighted by Gasteiger charge is 2.29. The van der Waals surface area contributed by atoms with E-state index in [2.05, 4.69) is 10.3 Å². The van der Waals surface area contributed by atoms with Crippen LogP contribution >= 0.6 is 0 Å². The van der Waals surface area contributed by atoms with Crippen molar-refractivity contribution in [3.05, 3.63) is 29.8 Å². The zero-order valence-electron chi connectivity index (χ0n) is 7.98. The molecule has 2 N–H and O–H groups in total. The van der Waals surface area contributed by atoms with Gasteiger partial charge in [0.15, 0.2) is 0 Å². The van der Waals surface area contributed by atoms with E-state index in [1.807, 2.05) is 0 Å². The molecule has 0 saturated heterocycles. The molecule has 1 aliphatic rings. The van der Waals surface area contributed by atoms with Crippen molar-refractivity contribution >= 4 is 5.91 Å². The quantitative estimate of drug-likeness (QED) is 0.698. The van der Waals surface area contributed by atoms with E-state index in [-0.39, 0.29) is 17.7 Å². The van der Waals surface area contributed by atoms with Gasteiger partial charge in [-0.15, -0.1) is 0 Å². The van der Waals surface area contributed by atoms with Gasteiger partial charge in [0, 0.05) is 12.2 Å². The van der Waals surface area contributed by atoms with Crippen molar-refractivity contribution in [3.63, 3.8) is 0 Å². The first-order chi connectivity index (χ1) is 7.16. The zero-order valence-corrected chi connectivity index (χ0v) is 7.98. The number of hydrogen-bond donors (Lipinski definition) is 2. The number of aromatic nitrogens is 1. The maximum atomic E-state index is 13.1. The topological polar surface area (TPSA) is 62.2 Å². The minimum Gasteiger partial charge on any atom is -0.393 e. The summed E-state index contributed by atoms with van der Waals surface area (Å²) in [5.74, 6) is -1.24. The van der Waals surface area contributed by atoms with E-state index in [9.17, 15) is 9.18 Å². The molecule has 0 bridgehead atoms. The molecular weight excluding hydrogens is 199 g/mol. The Morgan fingerprint density at radius 1 is 1.60 bits per heavy atom. The maximum absolute atomic E-state index is 13.1. The van der Waals surface area contributed by atoms with E-state index < -0.39 is 11.9 Å². The predicted octanol–water partition coefficient (Wildman–Crippen LogP) is 0.474. The second-order valence-corrected chi connectivity index (χ2v) is 3.64. The van der Waals surface area contributed by atoms with Crippen LogP contribution in [0.4, 0.5) is 4.39 Å². The number of carbonyl (C=O) groups excluding carboxylic acids is 1. The Bertz CT molecular complexity index is 377. The summed E-state index contributed by atoms with van der Waals surface area (Å²) in [5.41, 5.74) is -0.0566. The Balaban J connectivity index is 1.99. The van der Waals surface area contributed by atoms with Gasteiger partial charge < -0.3 is 10.4 Å². The Kier molecular flexibility index (Phi) is 2.64. The first kappa shape index (κ1) is 10.0. The summed E-state index contributed by atoms with van der Waals surface area (Å²) >= 11 is 0. The summed E-state index contributed by atoms with van der Waals surface area (Å²) in [5, 5.41) is 11.6. The highest BCUT2D eigenvalue weighted by molar-refractivity contribution is 5.94. The lowest BCUT2D eigenvalue weighted by Gasteiger charge is -2.31. The van der Waals surface area contributed by atoms with Crippen LogP contribution in [-0.2, 0) is 0 Å². The Labute approximate surface area is 86.1 Å². The van der Waals surface area contributed by atoms with Gasteiger partial charge in [0.2, 0.25) is 5.95 Å². The summed E-state index contributed by atoms with van der Waals surface area (Å²) in [4.78, 5) is 14.9. The lowest BCUT2D eigenvalue weighted by atomic mass is 9.89. The van der Waals surface area contributed by atoms with E-state index in [4.69, 9.17) is 5.11 Å². The molecule has 0 atom stereocenters. The molecule has 0 aliphatic heterocycles. The lowest BCUT2D eigenvalue weighted by Crippen LogP contribution is -2.46. The van der Waals surface area contributed by atoms with Crippen LogP contribution in [0.3, 0.4) is 0 Å². The van der Waals surface area contributed by atoms with Crippen LogP contribution in [0.2, 0.25) is 0 Å². The first-order valence-corrected chi connectivity index (χ1v) is 4.76. The highest BCUT2D eigenvalue weighted by atomic mass is 19.1. The van der Waals surface area contributed by atoms with Gasteiger partial charge in [-0.05, 0) is 25.0 Å². The fourth-order valence-corrected chi connectivity index (χ4v) is 1.52. The number of aliphatic hydroxyl groups excluding tert-OH is 1. The summed E-state index contributed by atoms with van der Waals surface area (Å²) in [6.07, 6.45) is 2.02.